The summed E-state index contributed by atoms with van der Waals surface area (Å²) in [6.45, 7) is 4.81. The lowest BCUT2D eigenvalue weighted by Gasteiger charge is -2.28. The van der Waals surface area contributed by atoms with Crippen molar-refractivity contribution in [1.82, 2.24) is 15.1 Å². The van der Waals surface area contributed by atoms with Gasteiger partial charge in [-0.05, 0) is 56.5 Å². The molecule has 0 unspecified atom stereocenters. The Hall–Kier alpha value is -1.24. The van der Waals surface area contributed by atoms with Crippen LogP contribution in [0.2, 0.25) is 0 Å². The first-order chi connectivity index (χ1) is 12.6. The SMILES string of the molecule is CSc1ccccc1CN1CCC[C@@](O)(CNC(=O)N2CCCC2)CC1. The van der Waals surface area contributed by atoms with Gasteiger partial charge in [-0.25, -0.2) is 4.79 Å². The van der Waals surface area contributed by atoms with Crippen molar-refractivity contribution in [2.24, 2.45) is 0 Å². The Kier molecular flexibility index (Phi) is 6.84. The second-order valence-corrected chi connectivity index (χ2v) is 8.37. The molecular weight excluding hydrogens is 346 g/mol. The number of hydrogen-bond acceptors (Lipinski definition) is 4. The van der Waals surface area contributed by atoms with Gasteiger partial charge in [0.05, 0.1) is 5.60 Å². The van der Waals surface area contributed by atoms with E-state index in [1.165, 1.54) is 10.5 Å². The summed E-state index contributed by atoms with van der Waals surface area (Å²) in [5.74, 6) is 0. The van der Waals surface area contributed by atoms with Crippen molar-refractivity contribution in [3.8, 4) is 0 Å². The van der Waals surface area contributed by atoms with Crippen molar-refractivity contribution < 1.29 is 9.90 Å². The van der Waals surface area contributed by atoms with Crippen molar-refractivity contribution in [2.45, 2.75) is 49.1 Å². The fourth-order valence-electron chi connectivity index (χ4n) is 3.92. The lowest BCUT2D eigenvalue weighted by molar-refractivity contribution is 0.0268. The van der Waals surface area contributed by atoms with E-state index in [1.54, 1.807) is 11.8 Å². The Morgan fingerprint density at radius 2 is 1.92 bits per heavy atom. The van der Waals surface area contributed by atoms with Crippen LogP contribution in [0.5, 0.6) is 0 Å². The molecule has 2 heterocycles. The zero-order valence-electron chi connectivity index (χ0n) is 15.7. The highest BCUT2D eigenvalue weighted by molar-refractivity contribution is 7.98. The molecule has 0 bridgehead atoms. The standard InChI is InChI=1S/C20H31N3O2S/c1-26-18-8-3-2-7-17(18)15-22-11-6-9-20(25,10-14-22)16-21-19(24)23-12-4-5-13-23/h2-3,7-8,25H,4-6,9-16H2,1H3,(H,21,24)/t20-/m0/s1. The van der Waals surface area contributed by atoms with E-state index in [0.29, 0.717) is 13.0 Å². The minimum atomic E-state index is -0.789. The monoisotopic (exact) mass is 377 g/mol. The lowest BCUT2D eigenvalue weighted by Crippen LogP contribution is -2.47. The summed E-state index contributed by atoms with van der Waals surface area (Å²) in [7, 11) is 0. The van der Waals surface area contributed by atoms with Crippen molar-refractivity contribution in [3.05, 3.63) is 29.8 Å². The fourth-order valence-corrected chi connectivity index (χ4v) is 4.53. The molecule has 2 aliphatic heterocycles. The number of nitrogens with zero attached hydrogens (tertiary/aromatic N) is 2. The Bertz CT molecular complexity index is 606. The molecule has 2 amide bonds. The topological polar surface area (TPSA) is 55.8 Å². The Labute approximate surface area is 161 Å². The second-order valence-electron chi connectivity index (χ2n) is 7.52. The van der Waals surface area contributed by atoms with Gasteiger partial charge in [0.25, 0.3) is 0 Å². The summed E-state index contributed by atoms with van der Waals surface area (Å²) in [5.41, 5.74) is 0.566. The molecule has 2 aliphatic rings. The summed E-state index contributed by atoms with van der Waals surface area (Å²) in [5, 5.41) is 13.9. The van der Waals surface area contributed by atoms with Crippen LogP contribution in [0.4, 0.5) is 4.79 Å². The summed E-state index contributed by atoms with van der Waals surface area (Å²) in [6.07, 6.45) is 6.69. The number of urea groups is 1. The first kappa shape index (κ1) is 19.5. The third-order valence-electron chi connectivity index (χ3n) is 5.56. The van der Waals surface area contributed by atoms with Crippen LogP contribution in [0.1, 0.15) is 37.7 Å². The first-order valence-electron chi connectivity index (χ1n) is 9.69. The fraction of sp³-hybridized carbons (Fsp3) is 0.650. The molecule has 1 atom stereocenters. The highest BCUT2D eigenvalue weighted by Crippen LogP contribution is 2.26. The molecule has 0 saturated carbocycles. The highest BCUT2D eigenvalue weighted by atomic mass is 32.2. The van der Waals surface area contributed by atoms with Crippen LogP contribution in [-0.4, -0.2) is 65.5 Å². The minimum absolute atomic E-state index is 0.0223. The van der Waals surface area contributed by atoms with Crippen LogP contribution in [-0.2, 0) is 6.54 Å². The van der Waals surface area contributed by atoms with Gasteiger partial charge in [-0.15, -0.1) is 11.8 Å². The number of likely N-dealkylation sites (tertiary alicyclic amines) is 2. The van der Waals surface area contributed by atoms with E-state index < -0.39 is 5.60 Å². The molecule has 2 saturated heterocycles. The maximum atomic E-state index is 12.2. The van der Waals surface area contributed by atoms with E-state index >= 15 is 0 Å². The maximum absolute atomic E-state index is 12.2. The summed E-state index contributed by atoms with van der Waals surface area (Å²) >= 11 is 1.78. The Morgan fingerprint density at radius 1 is 1.15 bits per heavy atom. The highest BCUT2D eigenvalue weighted by Gasteiger charge is 2.31. The average Bonchev–Trinajstić information content (AvgIpc) is 3.13. The van der Waals surface area contributed by atoms with E-state index in [1.807, 2.05) is 4.90 Å². The second kappa shape index (κ2) is 9.11. The van der Waals surface area contributed by atoms with E-state index in [4.69, 9.17) is 0 Å². The number of amides is 2. The van der Waals surface area contributed by atoms with Gasteiger partial charge in [-0.3, -0.25) is 4.90 Å². The van der Waals surface area contributed by atoms with Crippen molar-refractivity contribution in [1.29, 1.82) is 0 Å². The number of carbonyl (C=O) groups excluding carboxylic acids is 1. The van der Waals surface area contributed by atoms with Crippen LogP contribution < -0.4 is 5.32 Å². The normalized spacial score (nSPS) is 24.5. The summed E-state index contributed by atoms with van der Waals surface area (Å²) < 4.78 is 0. The van der Waals surface area contributed by atoms with E-state index in [0.717, 1.165) is 58.4 Å². The van der Waals surface area contributed by atoms with E-state index in [9.17, 15) is 9.90 Å². The van der Waals surface area contributed by atoms with Gasteiger partial charge in [0, 0.05) is 37.6 Å². The Balaban J connectivity index is 1.51. The predicted molar refractivity (Wildman–Crippen MR) is 107 cm³/mol. The van der Waals surface area contributed by atoms with Gasteiger partial charge in [-0.2, -0.15) is 0 Å². The van der Waals surface area contributed by atoms with Crippen molar-refractivity contribution in [2.75, 3.05) is 39.0 Å². The minimum Gasteiger partial charge on any atom is -0.388 e. The third-order valence-corrected chi connectivity index (χ3v) is 6.40. The molecule has 6 heteroatoms. The number of benzene rings is 1. The molecule has 0 spiro atoms. The van der Waals surface area contributed by atoms with Gasteiger partial charge >= 0.3 is 6.03 Å². The smallest absolute Gasteiger partial charge is 0.317 e. The number of rotatable bonds is 5. The number of hydrogen-bond donors (Lipinski definition) is 2. The zero-order valence-corrected chi connectivity index (χ0v) is 16.6. The van der Waals surface area contributed by atoms with Crippen molar-refractivity contribution in [3.63, 3.8) is 0 Å². The van der Waals surface area contributed by atoms with Crippen LogP contribution in [0.15, 0.2) is 29.2 Å². The summed E-state index contributed by atoms with van der Waals surface area (Å²) in [4.78, 5) is 17.8. The summed E-state index contributed by atoms with van der Waals surface area (Å²) in [6, 6.07) is 8.52. The van der Waals surface area contributed by atoms with Gasteiger partial charge in [-0.1, -0.05) is 18.2 Å². The van der Waals surface area contributed by atoms with Gasteiger partial charge in [0.15, 0.2) is 0 Å². The maximum Gasteiger partial charge on any atom is 0.317 e. The molecule has 2 N–H and O–H groups in total. The molecule has 5 nitrogen and oxygen atoms in total. The van der Waals surface area contributed by atoms with Gasteiger partial charge in [0.2, 0.25) is 0 Å². The molecule has 1 aromatic carbocycles. The van der Waals surface area contributed by atoms with E-state index in [-0.39, 0.29) is 6.03 Å². The predicted octanol–water partition coefficient (Wildman–Crippen LogP) is 2.93. The van der Waals surface area contributed by atoms with Crippen LogP contribution >= 0.6 is 11.8 Å². The van der Waals surface area contributed by atoms with Crippen molar-refractivity contribution >= 4 is 17.8 Å². The number of aliphatic hydroxyl groups is 1. The molecule has 26 heavy (non-hydrogen) atoms. The van der Waals surface area contributed by atoms with Crippen LogP contribution in [0.3, 0.4) is 0 Å². The van der Waals surface area contributed by atoms with Gasteiger partial charge in [0.1, 0.15) is 0 Å². The first-order valence-corrected chi connectivity index (χ1v) is 10.9. The molecular formula is C20H31N3O2S. The molecule has 144 valence electrons. The van der Waals surface area contributed by atoms with Gasteiger partial charge < -0.3 is 15.3 Å². The van der Waals surface area contributed by atoms with Crippen LogP contribution in [0.25, 0.3) is 0 Å². The molecule has 0 aliphatic carbocycles. The molecule has 2 fully saturated rings. The van der Waals surface area contributed by atoms with E-state index in [2.05, 4.69) is 40.7 Å². The lowest BCUT2D eigenvalue weighted by atomic mass is 9.95. The number of nitrogens with one attached hydrogen (secondary N) is 1. The number of thioether (sulfide) groups is 1. The molecule has 3 rings (SSSR count). The molecule has 0 aromatic heterocycles. The quantitative estimate of drug-likeness (QED) is 0.775. The average molecular weight is 378 g/mol. The molecule has 1 aromatic rings. The molecule has 0 radical (unpaired) electrons. The third kappa shape index (κ3) is 5.15. The van der Waals surface area contributed by atoms with Crippen LogP contribution in [0, 0.1) is 0 Å². The zero-order chi connectivity index (χ0) is 18.4. The largest absolute Gasteiger partial charge is 0.388 e. The number of carbonyl (C=O) groups is 1. The Morgan fingerprint density at radius 3 is 2.69 bits per heavy atom.